The summed E-state index contributed by atoms with van der Waals surface area (Å²) >= 11 is 0. The predicted octanol–water partition coefficient (Wildman–Crippen LogP) is 12.7. The smallest absolute Gasteiger partial charge is 0.405 e. The van der Waals surface area contributed by atoms with Crippen molar-refractivity contribution in [3.8, 4) is 0 Å². The minimum atomic E-state index is -4.58. The molecule has 79 heavy (non-hydrogen) atoms. The predicted molar refractivity (Wildman–Crippen MR) is 328 cm³/mol. The molecule has 0 aliphatic carbocycles. The summed E-state index contributed by atoms with van der Waals surface area (Å²) in [7, 11) is -14.9. The third-order valence-electron chi connectivity index (χ3n) is 15.3. The van der Waals surface area contributed by atoms with Crippen LogP contribution in [0.4, 0.5) is 0 Å². The van der Waals surface area contributed by atoms with E-state index in [1.54, 1.807) is 0 Å². The van der Waals surface area contributed by atoms with Crippen LogP contribution in [0.2, 0.25) is 15.1 Å². The molecule has 410 valence electrons. The lowest BCUT2D eigenvalue weighted by atomic mass is 10.1. The minimum Gasteiger partial charge on any atom is -0.405 e. The first-order chi connectivity index (χ1) is 37.9. The lowest BCUT2D eigenvalue weighted by molar-refractivity contribution is -0.127. The van der Waals surface area contributed by atoms with Gasteiger partial charge in [-0.05, 0) is 57.4 Å². The van der Waals surface area contributed by atoms with E-state index < -0.39 is 67.5 Å². The molecule has 1 aliphatic rings. The standard InChI is InChI=1S/C67H77O8PSi3/c1-65(2,3)77(55-38-22-12-23-39-55,56-40-24-13-25-41-56)71-52-61-62(74-78(66(4,5)6,57-42-26-14-27-43-57)58-44-28-15-29-45-58)63(75-79(67(7,8)9,59-46-30-16-31-47-59)60-48-32-17-33-49-60)64(72-61)73-76(68,69-50-53-34-18-10-19-35-53)70-51-54-36-20-11-21-37-54/h10-49,61-64H,50-52H2,1-9H3/t61-,62-,63+,64+/m1/s1. The molecule has 1 fully saturated rings. The summed E-state index contributed by atoms with van der Waals surface area (Å²) < 4.78 is 68.4. The molecule has 0 radical (unpaired) electrons. The van der Waals surface area contributed by atoms with E-state index in [0.717, 1.165) is 42.2 Å². The number of hydrogen-bond donors (Lipinski definition) is 0. The molecule has 9 rings (SSSR count). The van der Waals surface area contributed by atoms with Crippen LogP contribution in [0.1, 0.15) is 73.4 Å². The van der Waals surface area contributed by atoms with E-state index in [4.69, 9.17) is 31.6 Å². The van der Waals surface area contributed by atoms with Gasteiger partial charge in [0.05, 0.1) is 19.8 Å². The van der Waals surface area contributed by atoms with Gasteiger partial charge in [0.15, 0.2) is 6.29 Å². The van der Waals surface area contributed by atoms with Gasteiger partial charge in [0, 0.05) is 0 Å². The Hall–Kier alpha value is -5.64. The summed E-state index contributed by atoms with van der Waals surface area (Å²) in [5.41, 5.74) is 1.60. The number of phosphoric acid groups is 1. The number of benzene rings is 8. The second kappa shape index (κ2) is 24.6. The Morgan fingerprint density at radius 1 is 0.380 bits per heavy atom. The van der Waals surface area contributed by atoms with Crippen LogP contribution >= 0.6 is 7.82 Å². The summed E-state index contributed by atoms with van der Waals surface area (Å²) in [6.07, 6.45) is -4.22. The topological polar surface area (TPSA) is 81.7 Å². The van der Waals surface area contributed by atoms with Crippen LogP contribution in [0.25, 0.3) is 0 Å². The number of hydrogen-bond acceptors (Lipinski definition) is 8. The van der Waals surface area contributed by atoms with Gasteiger partial charge in [-0.15, -0.1) is 0 Å². The molecule has 0 N–H and O–H groups in total. The van der Waals surface area contributed by atoms with Gasteiger partial charge in [-0.3, -0.25) is 13.6 Å². The Balaban J connectivity index is 1.30. The molecule has 0 amide bonds. The van der Waals surface area contributed by atoms with Crippen molar-refractivity contribution in [2.45, 2.75) is 115 Å². The summed E-state index contributed by atoms with van der Waals surface area (Å²) in [4.78, 5) is 0. The molecule has 0 saturated carbocycles. The zero-order chi connectivity index (χ0) is 55.8. The fraction of sp³-hybridized carbons (Fsp3) is 0.284. The molecule has 8 aromatic rings. The van der Waals surface area contributed by atoms with Gasteiger partial charge in [0.2, 0.25) is 0 Å². The van der Waals surface area contributed by atoms with Gasteiger partial charge in [0.1, 0.15) is 18.3 Å². The molecular formula is C67H77O8PSi3. The maximum Gasteiger partial charge on any atom is 0.477 e. The first kappa shape index (κ1) is 58.0. The maximum absolute atomic E-state index is 16.0. The zero-order valence-electron chi connectivity index (χ0n) is 47.2. The molecule has 8 nitrogen and oxygen atoms in total. The van der Waals surface area contributed by atoms with Crippen LogP contribution in [-0.2, 0) is 49.4 Å². The van der Waals surface area contributed by atoms with E-state index in [1.165, 1.54) is 0 Å². The van der Waals surface area contributed by atoms with E-state index in [2.05, 4.69) is 232 Å². The van der Waals surface area contributed by atoms with Crippen LogP contribution in [0.3, 0.4) is 0 Å². The molecule has 0 unspecified atom stereocenters. The van der Waals surface area contributed by atoms with Crippen molar-refractivity contribution >= 4 is 63.9 Å². The lowest BCUT2D eigenvalue weighted by Crippen LogP contribution is -2.72. The molecule has 0 aromatic heterocycles. The normalized spacial score (nSPS) is 17.6. The van der Waals surface area contributed by atoms with Gasteiger partial charge >= 0.3 is 7.82 Å². The third kappa shape index (κ3) is 12.3. The quantitative estimate of drug-likeness (QED) is 0.0520. The van der Waals surface area contributed by atoms with Gasteiger partial charge < -0.3 is 18.0 Å². The number of ether oxygens (including phenoxy) is 1. The molecule has 1 heterocycles. The van der Waals surface area contributed by atoms with Crippen LogP contribution < -0.4 is 31.1 Å². The van der Waals surface area contributed by atoms with E-state index in [9.17, 15) is 0 Å². The summed E-state index contributed by atoms with van der Waals surface area (Å²) in [5.74, 6) is 0. The van der Waals surface area contributed by atoms with Crippen LogP contribution in [0.5, 0.6) is 0 Å². The Labute approximate surface area is 473 Å². The van der Waals surface area contributed by atoms with Crippen molar-refractivity contribution in [3.05, 3.63) is 254 Å². The monoisotopic (exact) mass is 1120 g/mol. The summed E-state index contributed by atoms with van der Waals surface area (Å²) in [6.45, 7) is 20.4. The number of phosphoric ester groups is 1. The number of rotatable bonds is 21. The van der Waals surface area contributed by atoms with Gasteiger partial charge in [-0.25, -0.2) is 4.57 Å². The van der Waals surface area contributed by atoms with Crippen molar-refractivity contribution in [2.24, 2.45) is 0 Å². The second-order valence-corrected chi connectivity index (χ2v) is 38.0. The Morgan fingerprint density at radius 3 is 0.937 bits per heavy atom. The molecular weight excluding hydrogens is 1050 g/mol. The highest BCUT2D eigenvalue weighted by molar-refractivity contribution is 7.48. The van der Waals surface area contributed by atoms with E-state index in [0.29, 0.717) is 0 Å². The van der Waals surface area contributed by atoms with Crippen molar-refractivity contribution in [1.82, 2.24) is 0 Å². The van der Waals surface area contributed by atoms with Crippen LogP contribution in [0.15, 0.2) is 243 Å². The van der Waals surface area contributed by atoms with E-state index >= 15 is 4.57 Å². The van der Waals surface area contributed by atoms with Gasteiger partial charge in [0.25, 0.3) is 25.0 Å². The molecule has 0 spiro atoms. The van der Waals surface area contributed by atoms with Gasteiger partial charge in [-0.2, -0.15) is 0 Å². The SMILES string of the molecule is CC(C)(C)[Si](OC[C@H]1O[C@@H](OP(=O)(OCc2ccccc2)OCc2ccccc2)[C@@H](O[Si](c2ccccc2)(c2ccccc2)C(C)(C)C)[C@@H]1O[Si](c1ccccc1)(c1ccccc1)C(C)(C)C)(c1ccccc1)c1ccccc1. The Bertz CT molecular complexity index is 3010. The molecule has 1 aliphatic heterocycles. The average molecular weight is 1130 g/mol. The van der Waals surface area contributed by atoms with Crippen molar-refractivity contribution in [1.29, 1.82) is 0 Å². The molecule has 0 bridgehead atoms. The van der Waals surface area contributed by atoms with E-state index in [1.807, 2.05) is 72.8 Å². The van der Waals surface area contributed by atoms with Crippen molar-refractivity contribution in [2.75, 3.05) is 6.61 Å². The lowest BCUT2D eigenvalue weighted by Gasteiger charge is -2.49. The maximum atomic E-state index is 16.0. The summed E-state index contributed by atoms with van der Waals surface area (Å²) in [6, 6.07) is 82.9. The van der Waals surface area contributed by atoms with E-state index in [-0.39, 0.29) is 24.9 Å². The second-order valence-electron chi connectivity index (χ2n) is 23.6. The first-order valence-corrected chi connectivity index (χ1v) is 34.7. The van der Waals surface area contributed by atoms with Crippen LogP contribution in [0, 0.1) is 0 Å². The fourth-order valence-corrected chi connectivity index (χ4v) is 26.8. The highest BCUT2D eigenvalue weighted by Gasteiger charge is 2.62. The van der Waals surface area contributed by atoms with Gasteiger partial charge in [-0.1, -0.05) is 305 Å². The zero-order valence-corrected chi connectivity index (χ0v) is 51.1. The Morgan fingerprint density at radius 2 is 0.646 bits per heavy atom. The van der Waals surface area contributed by atoms with Crippen molar-refractivity contribution < 1.29 is 36.2 Å². The highest BCUT2D eigenvalue weighted by atomic mass is 31.2. The largest absolute Gasteiger partial charge is 0.477 e. The molecule has 1 saturated heterocycles. The first-order valence-electron chi connectivity index (χ1n) is 27.5. The highest BCUT2D eigenvalue weighted by Crippen LogP contribution is 2.55. The van der Waals surface area contributed by atoms with Crippen LogP contribution in [-0.4, -0.2) is 56.2 Å². The fourth-order valence-electron chi connectivity index (χ4n) is 11.6. The minimum absolute atomic E-state index is 0.0533. The molecule has 12 heteroatoms. The average Bonchev–Trinajstić information content (AvgIpc) is 3.88. The van der Waals surface area contributed by atoms with Crippen molar-refractivity contribution in [3.63, 3.8) is 0 Å². The third-order valence-corrected chi connectivity index (χ3v) is 31.7. The summed E-state index contributed by atoms with van der Waals surface area (Å²) in [5, 5.41) is 5.13. The molecule has 8 aromatic carbocycles. The molecule has 4 atom stereocenters. The Kier molecular flexibility index (Phi) is 18.1.